The smallest absolute Gasteiger partial charge is 0.239 e. The summed E-state index contributed by atoms with van der Waals surface area (Å²) in [6, 6.07) is 10.6. The molecule has 1 aromatic rings. The van der Waals surface area contributed by atoms with Crippen LogP contribution in [0.25, 0.3) is 0 Å². The zero-order valence-corrected chi connectivity index (χ0v) is 13.5. The lowest BCUT2D eigenvalue weighted by molar-refractivity contribution is -0.120. The zero-order chi connectivity index (χ0) is 15.8. The first-order valence-corrected chi connectivity index (χ1v) is 7.97. The molecule has 0 spiro atoms. The van der Waals surface area contributed by atoms with Crippen molar-refractivity contribution in [2.75, 3.05) is 26.7 Å². The Morgan fingerprint density at radius 3 is 2.50 bits per heavy atom. The molecule has 2 rings (SSSR count). The van der Waals surface area contributed by atoms with Crippen LogP contribution >= 0.6 is 0 Å². The van der Waals surface area contributed by atoms with Gasteiger partial charge in [0.05, 0.1) is 6.54 Å². The van der Waals surface area contributed by atoms with Crippen molar-refractivity contribution in [2.45, 2.75) is 31.6 Å². The van der Waals surface area contributed by atoms with Gasteiger partial charge in [0, 0.05) is 25.6 Å². The molecule has 1 aliphatic carbocycles. The highest BCUT2D eigenvalue weighted by Gasteiger charge is 2.43. The van der Waals surface area contributed by atoms with Crippen molar-refractivity contribution >= 4 is 11.9 Å². The Hall–Kier alpha value is -2.04. The normalized spacial score (nSPS) is 16.0. The number of guanidine groups is 1. The van der Waals surface area contributed by atoms with E-state index in [1.807, 2.05) is 13.0 Å². The van der Waals surface area contributed by atoms with Crippen LogP contribution in [0.3, 0.4) is 0 Å². The molecule has 5 heteroatoms. The number of nitrogens with one attached hydrogen (secondary N) is 3. The second-order valence-corrected chi connectivity index (χ2v) is 5.78. The lowest BCUT2D eigenvalue weighted by Gasteiger charge is -2.19. The monoisotopic (exact) mass is 302 g/mol. The molecule has 1 amide bonds. The SMILES string of the molecule is CCCNC(=O)CNC(=NC)NCC1(c2ccccc2)CC1. The van der Waals surface area contributed by atoms with Gasteiger partial charge in [-0.05, 0) is 24.8 Å². The summed E-state index contributed by atoms with van der Waals surface area (Å²) in [7, 11) is 1.72. The third kappa shape index (κ3) is 4.48. The van der Waals surface area contributed by atoms with E-state index in [0.29, 0.717) is 12.5 Å². The molecule has 0 bridgehead atoms. The van der Waals surface area contributed by atoms with Crippen molar-refractivity contribution < 1.29 is 4.79 Å². The Bertz CT molecular complexity index is 509. The minimum atomic E-state index is -0.00556. The number of amides is 1. The second kappa shape index (κ2) is 7.82. The highest BCUT2D eigenvalue weighted by Crippen LogP contribution is 2.47. The number of rotatable bonds is 7. The van der Waals surface area contributed by atoms with Gasteiger partial charge in [-0.3, -0.25) is 9.79 Å². The lowest BCUT2D eigenvalue weighted by atomic mass is 9.96. The largest absolute Gasteiger partial charge is 0.356 e. The maximum atomic E-state index is 11.6. The molecule has 0 saturated heterocycles. The van der Waals surface area contributed by atoms with E-state index in [1.54, 1.807) is 7.05 Å². The lowest BCUT2D eigenvalue weighted by Crippen LogP contribution is -2.45. The molecule has 0 unspecified atom stereocenters. The summed E-state index contributed by atoms with van der Waals surface area (Å²) >= 11 is 0. The van der Waals surface area contributed by atoms with Crippen LogP contribution in [0.4, 0.5) is 0 Å². The van der Waals surface area contributed by atoms with E-state index in [0.717, 1.165) is 13.0 Å². The molecule has 0 atom stereocenters. The van der Waals surface area contributed by atoms with Gasteiger partial charge in [-0.2, -0.15) is 0 Å². The van der Waals surface area contributed by atoms with E-state index in [4.69, 9.17) is 0 Å². The molecule has 5 nitrogen and oxygen atoms in total. The van der Waals surface area contributed by atoms with E-state index in [9.17, 15) is 4.79 Å². The highest BCUT2D eigenvalue weighted by atomic mass is 16.1. The fourth-order valence-corrected chi connectivity index (χ4v) is 2.47. The third-order valence-electron chi connectivity index (χ3n) is 4.05. The maximum absolute atomic E-state index is 11.6. The molecule has 0 radical (unpaired) electrons. The zero-order valence-electron chi connectivity index (χ0n) is 13.5. The Labute approximate surface area is 132 Å². The van der Waals surface area contributed by atoms with Crippen LogP contribution in [0, 0.1) is 0 Å². The summed E-state index contributed by atoms with van der Waals surface area (Å²) in [4.78, 5) is 15.8. The number of aliphatic imine (C=N–C) groups is 1. The number of hydrogen-bond acceptors (Lipinski definition) is 2. The predicted octanol–water partition coefficient (Wildman–Crippen LogP) is 1.41. The summed E-state index contributed by atoms with van der Waals surface area (Å²) < 4.78 is 0. The second-order valence-electron chi connectivity index (χ2n) is 5.78. The van der Waals surface area contributed by atoms with Gasteiger partial charge >= 0.3 is 0 Å². The fraction of sp³-hybridized carbons (Fsp3) is 0.529. The van der Waals surface area contributed by atoms with Gasteiger partial charge in [0.1, 0.15) is 0 Å². The minimum Gasteiger partial charge on any atom is -0.356 e. The van der Waals surface area contributed by atoms with Crippen LogP contribution in [0.15, 0.2) is 35.3 Å². The number of hydrogen-bond donors (Lipinski definition) is 3. The summed E-state index contributed by atoms with van der Waals surface area (Å²) in [5.41, 5.74) is 1.60. The predicted molar refractivity (Wildman–Crippen MR) is 90.0 cm³/mol. The first-order valence-electron chi connectivity index (χ1n) is 7.97. The maximum Gasteiger partial charge on any atom is 0.239 e. The topological polar surface area (TPSA) is 65.5 Å². The van der Waals surface area contributed by atoms with Crippen LogP contribution in [0.1, 0.15) is 31.7 Å². The van der Waals surface area contributed by atoms with Gasteiger partial charge < -0.3 is 16.0 Å². The molecule has 1 aliphatic rings. The Kier molecular flexibility index (Phi) is 5.81. The van der Waals surface area contributed by atoms with Crippen molar-refractivity contribution in [2.24, 2.45) is 4.99 Å². The highest BCUT2D eigenvalue weighted by molar-refractivity contribution is 5.86. The number of carbonyl (C=O) groups excluding carboxylic acids is 1. The van der Waals surface area contributed by atoms with Gasteiger partial charge in [0.25, 0.3) is 0 Å². The number of benzene rings is 1. The number of nitrogens with zero attached hydrogens (tertiary/aromatic N) is 1. The summed E-state index contributed by atoms with van der Waals surface area (Å²) in [6.07, 6.45) is 3.33. The van der Waals surface area contributed by atoms with E-state index in [1.165, 1.54) is 18.4 Å². The molecule has 0 aliphatic heterocycles. The van der Waals surface area contributed by atoms with E-state index >= 15 is 0 Å². The molecule has 1 fully saturated rings. The molecule has 0 aromatic heterocycles. The van der Waals surface area contributed by atoms with Crippen molar-refractivity contribution in [3.8, 4) is 0 Å². The van der Waals surface area contributed by atoms with Crippen LogP contribution in [-0.2, 0) is 10.2 Å². The van der Waals surface area contributed by atoms with Crippen molar-refractivity contribution in [1.82, 2.24) is 16.0 Å². The quantitative estimate of drug-likeness (QED) is 0.527. The van der Waals surface area contributed by atoms with Crippen LogP contribution in [0.5, 0.6) is 0 Å². The number of carbonyl (C=O) groups is 1. The molecular weight excluding hydrogens is 276 g/mol. The standard InChI is InChI=1S/C17H26N4O/c1-3-11-19-15(22)12-20-16(18-2)21-13-17(9-10-17)14-7-5-4-6-8-14/h4-8H,3,9-13H2,1-2H3,(H,19,22)(H2,18,20,21). The average molecular weight is 302 g/mol. The summed E-state index contributed by atoms with van der Waals surface area (Å²) in [6.45, 7) is 3.84. The van der Waals surface area contributed by atoms with Crippen LogP contribution in [-0.4, -0.2) is 38.5 Å². The third-order valence-corrected chi connectivity index (χ3v) is 4.05. The van der Waals surface area contributed by atoms with Gasteiger partial charge in [-0.15, -0.1) is 0 Å². The van der Waals surface area contributed by atoms with E-state index < -0.39 is 0 Å². The van der Waals surface area contributed by atoms with Crippen LogP contribution in [0.2, 0.25) is 0 Å². The van der Waals surface area contributed by atoms with Gasteiger partial charge in [-0.25, -0.2) is 0 Å². The van der Waals surface area contributed by atoms with Gasteiger partial charge in [0.15, 0.2) is 5.96 Å². The molecule has 1 saturated carbocycles. The minimum absolute atomic E-state index is 0.00556. The Morgan fingerprint density at radius 1 is 1.18 bits per heavy atom. The first-order chi connectivity index (χ1) is 10.7. The fourth-order valence-electron chi connectivity index (χ4n) is 2.47. The Balaban J connectivity index is 1.79. The molecular formula is C17H26N4O. The van der Waals surface area contributed by atoms with Crippen molar-refractivity contribution in [1.29, 1.82) is 0 Å². The molecule has 22 heavy (non-hydrogen) atoms. The molecule has 3 N–H and O–H groups in total. The summed E-state index contributed by atoms with van der Waals surface area (Å²) in [5, 5.41) is 9.24. The van der Waals surface area contributed by atoms with E-state index in [-0.39, 0.29) is 17.9 Å². The average Bonchev–Trinajstić information content (AvgIpc) is 3.35. The summed E-state index contributed by atoms with van der Waals surface area (Å²) in [5.74, 6) is 0.669. The molecule has 1 aromatic carbocycles. The van der Waals surface area contributed by atoms with Crippen LogP contribution < -0.4 is 16.0 Å². The first kappa shape index (κ1) is 16.3. The van der Waals surface area contributed by atoms with Crippen molar-refractivity contribution in [3.63, 3.8) is 0 Å². The van der Waals surface area contributed by atoms with Gasteiger partial charge in [-0.1, -0.05) is 37.3 Å². The molecule has 0 heterocycles. The van der Waals surface area contributed by atoms with E-state index in [2.05, 4.69) is 45.2 Å². The van der Waals surface area contributed by atoms with Crippen molar-refractivity contribution in [3.05, 3.63) is 35.9 Å². The molecule has 120 valence electrons. The Morgan fingerprint density at radius 2 is 1.91 bits per heavy atom. The van der Waals surface area contributed by atoms with Gasteiger partial charge in [0.2, 0.25) is 5.91 Å².